The monoisotopic (exact) mass is 480 g/mol. The van der Waals surface area contributed by atoms with Crippen LogP contribution in [0.2, 0.25) is 0 Å². The second-order valence-corrected chi connectivity index (χ2v) is 8.97. The highest BCUT2D eigenvalue weighted by Crippen LogP contribution is 2.26. The topological polar surface area (TPSA) is 101 Å². The predicted molar refractivity (Wildman–Crippen MR) is 133 cm³/mol. The summed E-state index contributed by atoms with van der Waals surface area (Å²) in [7, 11) is 1.62. The number of amides is 1. The molecular weight excluding hydrogens is 448 g/mol. The molecule has 0 spiro atoms. The number of anilines is 1. The number of aliphatic carboxylic acids is 1. The van der Waals surface area contributed by atoms with Crippen molar-refractivity contribution in [3.8, 4) is 11.5 Å². The number of furan rings is 1. The van der Waals surface area contributed by atoms with Crippen molar-refractivity contribution in [2.75, 3.05) is 19.0 Å². The van der Waals surface area contributed by atoms with Crippen LogP contribution in [0.4, 0.5) is 5.69 Å². The van der Waals surface area contributed by atoms with E-state index in [9.17, 15) is 14.7 Å². The Morgan fingerprint density at radius 2 is 1.77 bits per heavy atom. The Kier molecular flexibility index (Phi) is 8.19. The second-order valence-electron chi connectivity index (χ2n) is 8.97. The molecular formula is C27H32N2O6. The molecule has 1 aromatic heterocycles. The van der Waals surface area contributed by atoms with E-state index in [4.69, 9.17) is 13.9 Å². The van der Waals surface area contributed by atoms with Crippen molar-refractivity contribution in [1.82, 2.24) is 4.90 Å². The maximum atomic E-state index is 12.9. The lowest BCUT2D eigenvalue weighted by atomic mass is 10.1. The highest BCUT2D eigenvalue weighted by molar-refractivity contribution is 5.93. The maximum Gasteiger partial charge on any atom is 0.347 e. The van der Waals surface area contributed by atoms with Gasteiger partial charge in [0.05, 0.1) is 26.5 Å². The highest BCUT2D eigenvalue weighted by Gasteiger charge is 2.29. The molecule has 0 fully saturated rings. The zero-order valence-electron chi connectivity index (χ0n) is 20.8. The zero-order valence-corrected chi connectivity index (χ0v) is 20.8. The number of aryl methyl sites for hydroxylation is 2. The molecule has 3 aromatic rings. The Balaban J connectivity index is 1.71. The minimum Gasteiger partial charge on any atom is -0.496 e. The summed E-state index contributed by atoms with van der Waals surface area (Å²) in [4.78, 5) is 26.2. The van der Waals surface area contributed by atoms with Crippen LogP contribution in [0.3, 0.4) is 0 Å². The number of carbonyl (C=O) groups excluding carboxylic acids is 1. The van der Waals surface area contributed by atoms with Gasteiger partial charge in [-0.1, -0.05) is 12.1 Å². The average Bonchev–Trinajstić information content (AvgIpc) is 3.30. The number of benzene rings is 2. The molecule has 8 heteroatoms. The summed E-state index contributed by atoms with van der Waals surface area (Å²) >= 11 is 0. The number of carboxylic acids is 1. The number of rotatable bonds is 11. The second kappa shape index (κ2) is 11.1. The van der Waals surface area contributed by atoms with E-state index >= 15 is 0 Å². The fourth-order valence-corrected chi connectivity index (χ4v) is 3.59. The lowest BCUT2D eigenvalue weighted by Crippen LogP contribution is -2.37. The summed E-state index contributed by atoms with van der Waals surface area (Å²) in [5.41, 5.74) is 2.21. The van der Waals surface area contributed by atoms with E-state index in [0.29, 0.717) is 18.8 Å². The number of ether oxygens (including phenoxy) is 2. The molecule has 186 valence electrons. The van der Waals surface area contributed by atoms with Crippen molar-refractivity contribution >= 4 is 17.6 Å². The number of hydrogen-bond donors (Lipinski definition) is 2. The molecule has 0 saturated carbocycles. The van der Waals surface area contributed by atoms with Crippen molar-refractivity contribution in [2.45, 2.75) is 46.4 Å². The molecule has 0 unspecified atom stereocenters. The maximum absolute atomic E-state index is 12.9. The first-order chi connectivity index (χ1) is 16.6. The molecule has 0 saturated heterocycles. The van der Waals surface area contributed by atoms with Crippen LogP contribution in [-0.2, 0) is 22.7 Å². The smallest absolute Gasteiger partial charge is 0.347 e. The van der Waals surface area contributed by atoms with Gasteiger partial charge in [-0.3, -0.25) is 9.69 Å². The molecule has 2 N–H and O–H groups in total. The van der Waals surface area contributed by atoms with Crippen LogP contribution in [0, 0.1) is 13.8 Å². The quantitative estimate of drug-likeness (QED) is 0.407. The van der Waals surface area contributed by atoms with Crippen LogP contribution in [0.25, 0.3) is 0 Å². The Hall–Kier alpha value is -3.78. The lowest BCUT2D eigenvalue weighted by molar-refractivity contribution is -0.152. The summed E-state index contributed by atoms with van der Waals surface area (Å²) in [5.74, 6) is 0.797. The number of nitrogens with one attached hydrogen (secondary N) is 1. The van der Waals surface area contributed by atoms with Crippen molar-refractivity contribution in [2.24, 2.45) is 0 Å². The molecule has 1 amide bonds. The third kappa shape index (κ3) is 7.10. The molecule has 0 aliphatic carbocycles. The first-order valence-corrected chi connectivity index (χ1v) is 11.3. The van der Waals surface area contributed by atoms with E-state index in [2.05, 4.69) is 5.32 Å². The van der Waals surface area contributed by atoms with E-state index < -0.39 is 11.6 Å². The molecule has 1 heterocycles. The van der Waals surface area contributed by atoms with Crippen molar-refractivity contribution in [3.63, 3.8) is 0 Å². The average molecular weight is 481 g/mol. The summed E-state index contributed by atoms with van der Waals surface area (Å²) in [5, 5.41) is 12.3. The van der Waals surface area contributed by atoms with E-state index in [0.717, 1.165) is 33.9 Å². The molecule has 0 aliphatic rings. The summed E-state index contributed by atoms with van der Waals surface area (Å²) < 4.78 is 16.4. The van der Waals surface area contributed by atoms with Crippen molar-refractivity contribution in [1.29, 1.82) is 0 Å². The number of nitrogens with zero attached hydrogens (tertiary/aromatic N) is 1. The molecule has 0 radical (unpaired) electrons. The Morgan fingerprint density at radius 3 is 2.37 bits per heavy atom. The third-order valence-electron chi connectivity index (χ3n) is 5.56. The molecule has 0 bridgehead atoms. The normalized spacial score (nSPS) is 11.4. The van der Waals surface area contributed by atoms with E-state index in [1.807, 2.05) is 55.1 Å². The molecule has 0 atom stereocenters. The van der Waals surface area contributed by atoms with Gasteiger partial charge in [0.25, 0.3) is 0 Å². The SMILES string of the molecule is COc1cc(C)c(NC(=O)CN(Cc2ccc(OC(C)(C)C(=O)O)cc2)Cc2ccco2)cc1C. The lowest BCUT2D eigenvalue weighted by Gasteiger charge is -2.23. The van der Waals surface area contributed by atoms with Gasteiger partial charge in [-0.05, 0) is 80.8 Å². The van der Waals surface area contributed by atoms with Gasteiger partial charge < -0.3 is 24.3 Å². The largest absolute Gasteiger partial charge is 0.496 e. The summed E-state index contributed by atoms with van der Waals surface area (Å²) in [6.07, 6.45) is 1.60. The number of hydrogen-bond acceptors (Lipinski definition) is 6. The van der Waals surface area contributed by atoms with E-state index in [1.165, 1.54) is 13.8 Å². The summed E-state index contributed by atoms with van der Waals surface area (Å²) in [6, 6.07) is 14.7. The zero-order chi connectivity index (χ0) is 25.6. The fraction of sp³-hybridized carbons (Fsp3) is 0.333. The van der Waals surface area contributed by atoms with Gasteiger partial charge in [-0.15, -0.1) is 0 Å². The van der Waals surface area contributed by atoms with Gasteiger partial charge in [-0.25, -0.2) is 4.79 Å². The molecule has 35 heavy (non-hydrogen) atoms. The summed E-state index contributed by atoms with van der Waals surface area (Å²) in [6.45, 7) is 7.94. The van der Waals surface area contributed by atoms with Gasteiger partial charge in [-0.2, -0.15) is 0 Å². The standard InChI is InChI=1S/C27H32N2O6/c1-18-14-24(33-5)19(2)13-23(18)28-25(30)17-29(16-22-7-6-12-34-22)15-20-8-10-21(11-9-20)35-27(3,4)26(31)32/h6-14H,15-17H2,1-5H3,(H,28,30)(H,31,32). The Morgan fingerprint density at radius 1 is 1.06 bits per heavy atom. The van der Waals surface area contributed by atoms with Crippen LogP contribution < -0.4 is 14.8 Å². The Bertz CT molecular complexity index is 1150. The van der Waals surface area contributed by atoms with Crippen molar-refractivity contribution < 1.29 is 28.6 Å². The van der Waals surface area contributed by atoms with Gasteiger partial charge in [0, 0.05) is 12.2 Å². The Labute approximate surface area is 205 Å². The van der Waals surface area contributed by atoms with E-state index in [-0.39, 0.29) is 12.5 Å². The minimum atomic E-state index is -1.33. The molecule has 0 aliphatic heterocycles. The van der Waals surface area contributed by atoms with Crippen molar-refractivity contribution in [3.05, 3.63) is 77.2 Å². The first kappa shape index (κ1) is 25.8. The van der Waals surface area contributed by atoms with Crippen LogP contribution in [-0.4, -0.2) is 41.1 Å². The number of carbonyl (C=O) groups is 2. The number of methoxy groups -OCH3 is 1. The molecule has 8 nitrogen and oxygen atoms in total. The first-order valence-electron chi connectivity index (χ1n) is 11.3. The molecule has 2 aromatic carbocycles. The van der Waals surface area contributed by atoms with Crippen LogP contribution in [0.1, 0.15) is 36.3 Å². The van der Waals surface area contributed by atoms with Crippen LogP contribution in [0.15, 0.2) is 59.2 Å². The third-order valence-corrected chi connectivity index (χ3v) is 5.56. The van der Waals surface area contributed by atoms with Gasteiger partial charge >= 0.3 is 5.97 Å². The van der Waals surface area contributed by atoms with E-state index in [1.54, 1.807) is 25.5 Å². The van der Waals surface area contributed by atoms with Crippen LogP contribution in [0.5, 0.6) is 11.5 Å². The molecule has 3 rings (SSSR count). The van der Waals surface area contributed by atoms with Gasteiger partial charge in [0.1, 0.15) is 17.3 Å². The predicted octanol–water partition coefficient (Wildman–Crippen LogP) is 4.79. The highest BCUT2D eigenvalue weighted by atomic mass is 16.5. The number of carboxylic acid groups (broad SMARTS) is 1. The van der Waals surface area contributed by atoms with Gasteiger partial charge in [0.2, 0.25) is 5.91 Å². The minimum absolute atomic E-state index is 0.146. The van der Waals surface area contributed by atoms with Crippen LogP contribution >= 0.6 is 0 Å². The van der Waals surface area contributed by atoms with Gasteiger partial charge in [0.15, 0.2) is 5.60 Å². The fourth-order valence-electron chi connectivity index (χ4n) is 3.59.